The van der Waals surface area contributed by atoms with Gasteiger partial charge in [-0.1, -0.05) is 6.92 Å². The lowest BCUT2D eigenvalue weighted by atomic mass is 10.2. The number of aromatic nitrogens is 2. The summed E-state index contributed by atoms with van der Waals surface area (Å²) in [5.74, 6) is 1.10. The number of rotatable bonds is 5. The number of nitrogens with zero attached hydrogens (tertiary/aromatic N) is 4. The van der Waals surface area contributed by atoms with E-state index < -0.39 is 0 Å². The highest BCUT2D eigenvalue weighted by atomic mass is 32.1. The van der Waals surface area contributed by atoms with Crippen LogP contribution in [0.5, 0.6) is 0 Å². The van der Waals surface area contributed by atoms with Crippen molar-refractivity contribution in [2.45, 2.75) is 13.3 Å². The first-order chi connectivity index (χ1) is 12.7. The van der Waals surface area contributed by atoms with Crippen LogP contribution in [0.25, 0.3) is 10.2 Å². The molecular weight excluding hydrogens is 364 g/mol. The molecule has 1 aliphatic rings. The number of anilines is 1. The normalized spacial score (nSPS) is 15.3. The zero-order chi connectivity index (χ0) is 17.9. The number of allylic oxidation sites excluding steroid dienone is 1. The highest BCUT2D eigenvalue weighted by molar-refractivity contribution is 7.18. The summed E-state index contributed by atoms with van der Waals surface area (Å²) in [4.78, 5) is 28.0. The minimum atomic E-state index is 0.0663. The maximum absolute atomic E-state index is 12.1. The Morgan fingerprint density at radius 1 is 1.27 bits per heavy atom. The Labute approximate surface area is 160 Å². The van der Waals surface area contributed by atoms with E-state index in [4.69, 9.17) is 0 Å². The van der Waals surface area contributed by atoms with Gasteiger partial charge in [-0.2, -0.15) is 11.3 Å². The Hall–Kier alpha value is -2.25. The molecule has 0 unspecified atom stereocenters. The number of thiophene rings is 2. The third kappa shape index (κ3) is 3.50. The van der Waals surface area contributed by atoms with Crippen molar-refractivity contribution in [3.8, 4) is 0 Å². The Kier molecular flexibility index (Phi) is 4.99. The number of carbonyl (C=O) groups excluding carboxylic acids is 1. The first-order valence-corrected chi connectivity index (χ1v) is 10.5. The van der Waals surface area contributed by atoms with E-state index >= 15 is 0 Å². The van der Waals surface area contributed by atoms with Crippen LogP contribution >= 0.6 is 22.7 Å². The van der Waals surface area contributed by atoms with Crippen molar-refractivity contribution < 1.29 is 4.79 Å². The molecule has 4 heterocycles. The summed E-state index contributed by atoms with van der Waals surface area (Å²) in [6.07, 6.45) is 6.29. The van der Waals surface area contributed by atoms with Crippen molar-refractivity contribution in [3.63, 3.8) is 0 Å². The number of ketones is 1. The van der Waals surface area contributed by atoms with Gasteiger partial charge in [-0.15, -0.1) is 11.3 Å². The fraction of sp³-hybridized carbons (Fsp3) is 0.316. The quantitative estimate of drug-likeness (QED) is 0.494. The minimum absolute atomic E-state index is 0.0663. The number of hydrogen-bond donors (Lipinski definition) is 0. The van der Waals surface area contributed by atoms with Gasteiger partial charge in [-0.25, -0.2) is 9.97 Å². The second kappa shape index (κ2) is 7.55. The van der Waals surface area contributed by atoms with E-state index in [0.717, 1.165) is 54.2 Å². The Bertz CT molecular complexity index is 924. The van der Waals surface area contributed by atoms with Gasteiger partial charge in [0, 0.05) is 54.3 Å². The highest BCUT2D eigenvalue weighted by Gasteiger charge is 2.19. The molecular formula is C19H20N4OS2. The maximum atomic E-state index is 12.1. The first kappa shape index (κ1) is 17.2. The first-order valence-electron chi connectivity index (χ1n) is 8.71. The van der Waals surface area contributed by atoms with Gasteiger partial charge in [-0.3, -0.25) is 4.79 Å². The Morgan fingerprint density at radius 3 is 2.85 bits per heavy atom. The fourth-order valence-corrected chi connectivity index (χ4v) is 4.65. The lowest BCUT2D eigenvalue weighted by molar-refractivity contribution is 0.104. The predicted molar refractivity (Wildman–Crippen MR) is 108 cm³/mol. The van der Waals surface area contributed by atoms with E-state index in [9.17, 15) is 4.79 Å². The van der Waals surface area contributed by atoms with Crippen molar-refractivity contribution in [1.29, 1.82) is 0 Å². The molecule has 134 valence electrons. The molecule has 0 aromatic carbocycles. The molecule has 0 bridgehead atoms. The molecule has 4 rings (SSSR count). The molecule has 3 aromatic rings. The summed E-state index contributed by atoms with van der Waals surface area (Å²) in [5.41, 5.74) is 0.762. The Morgan fingerprint density at radius 2 is 2.12 bits per heavy atom. The van der Waals surface area contributed by atoms with E-state index in [1.807, 2.05) is 23.0 Å². The van der Waals surface area contributed by atoms with Crippen LogP contribution in [0, 0.1) is 0 Å². The van der Waals surface area contributed by atoms with Crippen LogP contribution in [0.4, 0.5) is 5.82 Å². The van der Waals surface area contributed by atoms with Gasteiger partial charge >= 0.3 is 0 Å². The van der Waals surface area contributed by atoms with Crippen molar-refractivity contribution in [2.24, 2.45) is 0 Å². The molecule has 1 fully saturated rings. The largest absolute Gasteiger partial charge is 0.374 e. The van der Waals surface area contributed by atoms with E-state index in [-0.39, 0.29) is 5.78 Å². The van der Waals surface area contributed by atoms with Crippen LogP contribution in [0.3, 0.4) is 0 Å². The van der Waals surface area contributed by atoms with E-state index in [2.05, 4.69) is 32.8 Å². The van der Waals surface area contributed by atoms with Crippen LogP contribution in [0.2, 0.25) is 0 Å². The third-order valence-electron chi connectivity index (χ3n) is 4.56. The number of fused-ring (bicyclic) bond motifs is 1. The molecule has 26 heavy (non-hydrogen) atoms. The lowest BCUT2D eigenvalue weighted by Crippen LogP contribution is -2.44. The van der Waals surface area contributed by atoms with Gasteiger partial charge < -0.3 is 9.80 Å². The molecule has 1 saturated heterocycles. The standard InChI is InChI=1S/C19H20N4OS2/c1-2-15-11-16-18(20-13-21-19(16)26-15)23-8-6-22(7-9-23)5-3-17(24)14-4-10-25-12-14/h3-5,10-13H,2,6-9H2,1H3. The van der Waals surface area contributed by atoms with E-state index in [1.54, 1.807) is 35.1 Å². The molecule has 0 amide bonds. The lowest BCUT2D eigenvalue weighted by Gasteiger charge is -2.35. The summed E-state index contributed by atoms with van der Waals surface area (Å²) in [6, 6.07) is 4.09. The topological polar surface area (TPSA) is 49.3 Å². The zero-order valence-corrected chi connectivity index (χ0v) is 16.2. The van der Waals surface area contributed by atoms with Crippen LogP contribution in [-0.2, 0) is 6.42 Å². The van der Waals surface area contributed by atoms with Crippen LogP contribution in [0.1, 0.15) is 22.2 Å². The van der Waals surface area contributed by atoms with Crippen molar-refractivity contribution in [3.05, 3.63) is 51.9 Å². The molecule has 3 aromatic heterocycles. The average molecular weight is 385 g/mol. The van der Waals surface area contributed by atoms with Gasteiger partial charge in [0.2, 0.25) is 0 Å². The van der Waals surface area contributed by atoms with Crippen molar-refractivity contribution in [2.75, 3.05) is 31.1 Å². The van der Waals surface area contributed by atoms with Crippen LogP contribution in [-0.4, -0.2) is 46.8 Å². The molecule has 0 atom stereocenters. The summed E-state index contributed by atoms with van der Waals surface area (Å²) in [6.45, 7) is 5.70. The van der Waals surface area contributed by atoms with E-state index in [1.165, 1.54) is 4.88 Å². The summed E-state index contributed by atoms with van der Waals surface area (Å²) >= 11 is 3.30. The molecule has 0 radical (unpaired) electrons. The molecule has 1 aliphatic heterocycles. The van der Waals surface area contributed by atoms with Gasteiger partial charge in [0.05, 0.1) is 5.39 Å². The number of aryl methyl sites for hydroxylation is 1. The molecule has 0 saturated carbocycles. The summed E-state index contributed by atoms with van der Waals surface area (Å²) < 4.78 is 0. The molecule has 0 aliphatic carbocycles. The SMILES string of the molecule is CCc1cc2c(N3CCN(C=CC(=O)c4ccsc4)CC3)ncnc2s1. The molecule has 5 nitrogen and oxygen atoms in total. The predicted octanol–water partition coefficient (Wildman–Crippen LogP) is 3.83. The second-order valence-electron chi connectivity index (χ2n) is 6.20. The van der Waals surface area contributed by atoms with Gasteiger partial charge in [0.1, 0.15) is 17.0 Å². The van der Waals surface area contributed by atoms with E-state index in [0.29, 0.717) is 0 Å². The Balaban J connectivity index is 1.42. The zero-order valence-electron chi connectivity index (χ0n) is 14.6. The molecule has 0 spiro atoms. The van der Waals surface area contributed by atoms with Crippen LogP contribution in [0.15, 0.2) is 41.5 Å². The van der Waals surface area contributed by atoms with Gasteiger partial charge in [0.15, 0.2) is 5.78 Å². The van der Waals surface area contributed by atoms with Crippen molar-refractivity contribution >= 4 is 44.5 Å². The second-order valence-corrected chi connectivity index (χ2v) is 8.09. The molecule has 0 N–H and O–H groups in total. The summed E-state index contributed by atoms with van der Waals surface area (Å²) in [5, 5.41) is 4.97. The average Bonchev–Trinajstić information content (AvgIpc) is 3.35. The smallest absolute Gasteiger partial charge is 0.188 e. The monoisotopic (exact) mass is 384 g/mol. The molecule has 7 heteroatoms. The minimum Gasteiger partial charge on any atom is -0.374 e. The number of hydrogen-bond acceptors (Lipinski definition) is 7. The maximum Gasteiger partial charge on any atom is 0.188 e. The number of piperazine rings is 1. The van der Waals surface area contributed by atoms with Gasteiger partial charge in [-0.05, 0) is 23.9 Å². The highest BCUT2D eigenvalue weighted by Crippen LogP contribution is 2.30. The number of carbonyl (C=O) groups is 1. The van der Waals surface area contributed by atoms with Crippen molar-refractivity contribution in [1.82, 2.24) is 14.9 Å². The third-order valence-corrected chi connectivity index (χ3v) is 6.43. The van der Waals surface area contributed by atoms with Crippen LogP contribution < -0.4 is 4.90 Å². The fourth-order valence-electron chi connectivity index (χ4n) is 3.08. The summed E-state index contributed by atoms with van der Waals surface area (Å²) in [7, 11) is 0. The van der Waals surface area contributed by atoms with Gasteiger partial charge in [0.25, 0.3) is 0 Å².